The van der Waals surface area contributed by atoms with Gasteiger partial charge in [-0.05, 0) is 31.0 Å². The second-order valence-electron chi connectivity index (χ2n) is 6.50. The molecular weight excluding hydrogens is 414 g/mol. The molecule has 1 unspecified atom stereocenters. The van der Waals surface area contributed by atoms with Gasteiger partial charge < -0.3 is 24.4 Å². The molecule has 0 aliphatic carbocycles. The summed E-state index contributed by atoms with van der Waals surface area (Å²) in [6, 6.07) is 5.00. The fraction of sp³-hybridized carbons (Fsp3) is 0.500. The summed E-state index contributed by atoms with van der Waals surface area (Å²) in [5.74, 6) is 1.01. The molecule has 0 radical (unpaired) electrons. The van der Waals surface area contributed by atoms with E-state index in [-0.39, 0.29) is 17.6 Å². The maximum absolute atomic E-state index is 12.6. The van der Waals surface area contributed by atoms with Crippen LogP contribution in [0.4, 0.5) is 8.78 Å². The molecule has 166 valence electrons. The van der Waals surface area contributed by atoms with Gasteiger partial charge in [0.2, 0.25) is 0 Å². The van der Waals surface area contributed by atoms with Crippen LogP contribution in [0.2, 0.25) is 0 Å². The van der Waals surface area contributed by atoms with Gasteiger partial charge in [0, 0.05) is 33.1 Å². The van der Waals surface area contributed by atoms with Crippen molar-refractivity contribution in [3.8, 4) is 11.5 Å². The number of rotatable bonds is 10. The van der Waals surface area contributed by atoms with Crippen LogP contribution >= 0.6 is 11.3 Å². The quantitative estimate of drug-likeness (QED) is 0.447. The number of aromatic nitrogens is 1. The fourth-order valence-corrected chi connectivity index (χ4v) is 3.61. The van der Waals surface area contributed by atoms with E-state index < -0.39 is 6.61 Å². The minimum absolute atomic E-state index is 0.0242. The van der Waals surface area contributed by atoms with Crippen LogP contribution in [0.25, 0.3) is 0 Å². The number of halogens is 2. The molecule has 1 aromatic carbocycles. The Bertz CT molecular complexity index is 832. The van der Waals surface area contributed by atoms with Crippen LogP contribution in [0.15, 0.2) is 28.6 Å². The molecule has 0 aliphatic rings. The van der Waals surface area contributed by atoms with Crippen molar-refractivity contribution < 1.29 is 23.0 Å². The molecule has 30 heavy (non-hydrogen) atoms. The van der Waals surface area contributed by atoms with Crippen molar-refractivity contribution in [3.63, 3.8) is 0 Å². The van der Waals surface area contributed by atoms with Crippen molar-refractivity contribution in [1.29, 1.82) is 0 Å². The van der Waals surface area contributed by atoms with Gasteiger partial charge in [-0.15, -0.1) is 11.3 Å². The van der Waals surface area contributed by atoms with Crippen molar-refractivity contribution in [2.45, 2.75) is 32.6 Å². The summed E-state index contributed by atoms with van der Waals surface area (Å²) in [4.78, 5) is 10.9. The number of alkyl halides is 2. The average molecular weight is 443 g/mol. The lowest BCUT2D eigenvalue weighted by atomic mass is 10.1. The SMILES string of the molecule is CN=C(NCCc1ccc(OC)c(OC(F)F)c1)N(C)Cc1csc(C(C)OC)n1. The van der Waals surface area contributed by atoms with Crippen LogP contribution in [0.3, 0.4) is 0 Å². The summed E-state index contributed by atoms with van der Waals surface area (Å²) in [6.45, 7) is 0.226. The van der Waals surface area contributed by atoms with E-state index in [1.165, 1.54) is 7.11 Å². The Morgan fingerprint density at radius 3 is 2.70 bits per heavy atom. The first-order valence-electron chi connectivity index (χ1n) is 9.38. The van der Waals surface area contributed by atoms with Gasteiger partial charge >= 0.3 is 6.61 Å². The summed E-state index contributed by atoms with van der Waals surface area (Å²) < 4.78 is 40.1. The van der Waals surface area contributed by atoms with E-state index in [1.807, 2.05) is 30.3 Å². The smallest absolute Gasteiger partial charge is 0.387 e. The second kappa shape index (κ2) is 11.7. The van der Waals surface area contributed by atoms with Crippen LogP contribution in [-0.2, 0) is 17.7 Å². The summed E-state index contributed by atoms with van der Waals surface area (Å²) in [5.41, 5.74) is 1.78. The zero-order valence-electron chi connectivity index (χ0n) is 17.8. The molecule has 0 saturated heterocycles. The molecule has 7 nitrogen and oxygen atoms in total. The lowest BCUT2D eigenvalue weighted by molar-refractivity contribution is -0.0512. The minimum atomic E-state index is -2.90. The molecule has 0 aliphatic heterocycles. The second-order valence-corrected chi connectivity index (χ2v) is 7.39. The van der Waals surface area contributed by atoms with E-state index in [2.05, 4.69) is 20.0 Å². The number of guanidine groups is 1. The summed E-state index contributed by atoms with van der Waals surface area (Å²) in [7, 11) is 6.71. The lowest BCUT2D eigenvalue weighted by Crippen LogP contribution is -2.39. The molecule has 0 bridgehead atoms. The number of nitrogens with zero attached hydrogens (tertiary/aromatic N) is 3. The first-order chi connectivity index (χ1) is 14.4. The topological polar surface area (TPSA) is 68.2 Å². The first-order valence-corrected chi connectivity index (χ1v) is 10.3. The van der Waals surface area contributed by atoms with Crippen LogP contribution in [0, 0.1) is 0 Å². The highest BCUT2D eigenvalue weighted by Gasteiger charge is 2.14. The first kappa shape index (κ1) is 23.8. The van der Waals surface area contributed by atoms with E-state index >= 15 is 0 Å². The van der Waals surface area contributed by atoms with E-state index in [0.29, 0.717) is 25.5 Å². The van der Waals surface area contributed by atoms with Crippen molar-refractivity contribution in [2.75, 3.05) is 34.9 Å². The molecule has 0 spiro atoms. The molecule has 2 aromatic rings. The van der Waals surface area contributed by atoms with Gasteiger partial charge in [0.05, 0.1) is 19.3 Å². The third-order valence-electron chi connectivity index (χ3n) is 4.38. The van der Waals surface area contributed by atoms with Crippen molar-refractivity contribution >= 4 is 17.3 Å². The highest BCUT2D eigenvalue weighted by molar-refractivity contribution is 7.09. The highest BCUT2D eigenvalue weighted by atomic mass is 32.1. The Morgan fingerprint density at radius 2 is 2.07 bits per heavy atom. The number of hydrogen-bond donors (Lipinski definition) is 1. The Kier molecular flexibility index (Phi) is 9.25. The Labute approximate surface area is 179 Å². The molecular formula is C20H28F2N4O3S. The predicted octanol–water partition coefficient (Wildman–Crippen LogP) is 3.71. The zero-order chi connectivity index (χ0) is 22.1. The molecule has 1 atom stereocenters. The van der Waals surface area contributed by atoms with Gasteiger partial charge in [-0.2, -0.15) is 8.78 Å². The van der Waals surface area contributed by atoms with Crippen LogP contribution in [0.5, 0.6) is 11.5 Å². The number of thiazole rings is 1. The molecule has 1 heterocycles. The molecule has 0 saturated carbocycles. The van der Waals surface area contributed by atoms with E-state index in [0.717, 1.165) is 16.3 Å². The third-order valence-corrected chi connectivity index (χ3v) is 5.44. The molecule has 0 fully saturated rings. The predicted molar refractivity (Wildman–Crippen MR) is 114 cm³/mol. The minimum Gasteiger partial charge on any atom is -0.493 e. The van der Waals surface area contributed by atoms with Crippen LogP contribution in [-0.4, -0.2) is 57.3 Å². The van der Waals surface area contributed by atoms with E-state index in [1.54, 1.807) is 37.6 Å². The van der Waals surface area contributed by atoms with Crippen molar-refractivity contribution in [2.24, 2.45) is 4.99 Å². The Balaban J connectivity index is 1.91. The molecule has 0 amide bonds. The van der Waals surface area contributed by atoms with Gasteiger partial charge in [0.15, 0.2) is 17.5 Å². The van der Waals surface area contributed by atoms with E-state index in [4.69, 9.17) is 9.47 Å². The fourth-order valence-electron chi connectivity index (χ4n) is 2.77. The standard InChI is InChI=1S/C20H28F2N4O3S/c1-13(27-4)18-25-15(12-30-18)11-26(3)20(23-2)24-9-8-14-6-7-16(28-5)17(10-14)29-19(21)22/h6-7,10,12-13,19H,8-9,11H2,1-5H3,(H,23,24). The molecule has 10 heteroatoms. The molecule has 2 rings (SSSR count). The maximum atomic E-state index is 12.6. The largest absolute Gasteiger partial charge is 0.493 e. The van der Waals surface area contributed by atoms with Crippen LogP contribution < -0.4 is 14.8 Å². The van der Waals surface area contributed by atoms with Gasteiger partial charge in [-0.25, -0.2) is 4.98 Å². The number of ether oxygens (including phenoxy) is 3. The summed E-state index contributed by atoms with van der Waals surface area (Å²) in [6.07, 6.45) is 0.567. The summed E-state index contributed by atoms with van der Waals surface area (Å²) in [5, 5.41) is 6.22. The maximum Gasteiger partial charge on any atom is 0.387 e. The monoisotopic (exact) mass is 442 g/mol. The van der Waals surface area contributed by atoms with Gasteiger partial charge in [-0.3, -0.25) is 4.99 Å². The Hall–Kier alpha value is -2.46. The van der Waals surface area contributed by atoms with Gasteiger partial charge in [-0.1, -0.05) is 6.07 Å². The number of hydrogen-bond acceptors (Lipinski definition) is 6. The lowest BCUT2D eigenvalue weighted by Gasteiger charge is -2.21. The van der Waals surface area contributed by atoms with E-state index in [9.17, 15) is 8.78 Å². The third kappa shape index (κ3) is 6.81. The number of aliphatic imine (C=N–C) groups is 1. The van der Waals surface area contributed by atoms with Crippen molar-refractivity contribution in [1.82, 2.24) is 15.2 Å². The van der Waals surface area contributed by atoms with Gasteiger partial charge in [0.25, 0.3) is 0 Å². The Morgan fingerprint density at radius 1 is 1.30 bits per heavy atom. The highest BCUT2D eigenvalue weighted by Crippen LogP contribution is 2.29. The molecule has 1 aromatic heterocycles. The molecule has 1 N–H and O–H groups in total. The number of benzene rings is 1. The van der Waals surface area contributed by atoms with Crippen molar-refractivity contribution in [3.05, 3.63) is 39.8 Å². The normalized spacial score (nSPS) is 12.7. The summed E-state index contributed by atoms with van der Waals surface area (Å²) >= 11 is 1.57. The zero-order valence-corrected chi connectivity index (χ0v) is 18.6. The van der Waals surface area contributed by atoms with Gasteiger partial charge in [0.1, 0.15) is 11.1 Å². The average Bonchev–Trinajstić information content (AvgIpc) is 3.18. The van der Waals surface area contributed by atoms with Crippen LogP contribution in [0.1, 0.15) is 29.3 Å². The number of nitrogens with one attached hydrogen (secondary N) is 1. The number of methoxy groups -OCH3 is 2.